The number of unbranched alkanes of at least 4 members (excludes halogenated alkanes) is 4. The first-order valence-corrected chi connectivity index (χ1v) is 15.4. The van der Waals surface area contributed by atoms with Crippen molar-refractivity contribution in [2.75, 3.05) is 40.8 Å². The quantitative estimate of drug-likeness (QED) is 0.0698. The van der Waals surface area contributed by atoms with Crippen molar-refractivity contribution in [3.05, 3.63) is 48.6 Å². The fourth-order valence-corrected chi connectivity index (χ4v) is 4.41. The summed E-state index contributed by atoms with van der Waals surface area (Å²) in [6.07, 6.45) is 25.3. The molecule has 0 aliphatic heterocycles. The first-order valence-electron chi connectivity index (χ1n) is 14.0. The van der Waals surface area contributed by atoms with Crippen LogP contribution in [0.15, 0.2) is 48.6 Å². The van der Waals surface area contributed by atoms with Gasteiger partial charge in [0.2, 0.25) is 5.91 Å². The molecule has 0 heterocycles. The average Bonchev–Trinajstić information content (AvgIpc) is 2.82. The van der Waals surface area contributed by atoms with Crippen LogP contribution >= 0.6 is 7.82 Å². The number of allylic oxidation sites excluding steroid dienone is 8. The monoisotopic (exact) mass is 570 g/mol. The van der Waals surface area contributed by atoms with Crippen molar-refractivity contribution in [1.82, 2.24) is 5.32 Å². The number of likely N-dealkylation sites (N-methyl/N-ethyl adjacent to an activating group) is 1. The number of carbonyl (C=O) groups is 2. The number of carboxylic acid groups (broad SMARTS) is 1. The molecular weight excluding hydrogens is 519 g/mol. The number of aliphatic carboxylic acids is 1. The number of nitrogens with one attached hydrogen (secondary N) is 1. The largest absolute Gasteiger partial charge is 0.756 e. The molecular formula is C29H51N2O7P. The van der Waals surface area contributed by atoms with Crippen LogP contribution in [0.1, 0.15) is 77.6 Å². The second-order valence-corrected chi connectivity index (χ2v) is 11.8. The van der Waals surface area contributed by atoms with E-state index in [2.05, 4.69) is 60.8 Å². The fourth-order valence-electron chi connectivity index (χ4n) is 3.53. The van der Waals surface area contributed by atoms with Crippen molar-refractivity contribution in [2.24, 2.45) is 0 Å². The van der Waals surface area contributed by atoms with Gasteiger partial charge in [0.05, 0.1) is 34.2 Å². The van der Waals surface area contributed by atoms with E-state index in [0.29, 0.717) is 17.3 Å². The van der Waals surface area contributed by atoms with Gasteiger partial charge in [-0.25, -0.2) is 0 Å². The van der Waals surface area contributed by atoms with Gasteiger partial charge in [0.25, 0.3) is 7.82 Å². The molecule has 0 aromatic rings. The minimum atomic E-state index is -4.70. The lowest BCUT2D eigenvalue weighted by Crippen LogP contribution is -2.43. The summed E-state index contributed by atoms with van der Waals surface area (Å²) in [5, 5.41) is 11.6. The van der Waals surface area contributed by atoms with Crippen LogP contribution in [0.2, 0.25) is 0 Å². The summed E-state index contributed by atoms with van der Waals surface area (Å²) in [5.41, 5.74) is 0. The summed E-state index contributed by atoms with van der Waals surface area (Å²) in [4.78, 5) is 35.0. The van der Waals surface area contributed by atoms with Crippen molar-refractivity contribution < 1.29 is 37.7 Å². The normalized spacial score (nSPS) is 15.0. The lowest BCUT2D eigenvalue weighted by Gasteiger charge is -2.32. The van der Waals surface area contributed by atoms with Crippen molar-refractivity contribution in [1.29, 1.82) is 0 Å². The first-order chi connectivity index (χ1) is 18.4. The number of hydrogen-bond donors (Lipinski definition) is 2. The molecule has 224 valence electrons. The molecule has 0 bridgehead atoms. The van der Waals surface area contributed by atoms with Crippen LogP contribution in [0, 0.1) is 0 Å². The number of phosphoric ester groups is 1. The standard InChI is InChI=1S/C29H51N2O7P/c1-5-6-7-8-9-10-11-12-13-14-15-16-17-18-19-20-21-22-28(32)30-23-24-37-39(35,36)38-27(25-29(33)34)26-31(2,3)4/h9-10,12-13,15-16,18-19,27H,5-8,11,14,17,20-26H2,1-4H3,(H2-,30,32,33,34,35,36)/b10-9-,13-12-,16-15-,19-18-. The second kappa shape index (κ2) is 22.8. The van der Waals surface area contributed by atoms with E-state index in [9.17, 15) is 19.0 Å². The number of hydrogen-bond acceptors (Lipinski definition) is 6. The van der Waals surface area contributed by atoms with Gasteiger partial charge in [-0.2, -0.15) is 0 Å². The Hall–Kier alpha value is -2.03. The SMILES string of the molecule is CCCCC/C=C\C/C=C\C/C=C\C/C=C\CCCC(=O)NCCOP(=O)([O-])OC(CC(=O)O)C[N+](C)(C)C. The molecule has 0 spiro atoms. The molecule has 1 amide bonds. The number of quaternary nitrogens is 1. The van der Waals surface area contributed by atoms with Crippen molar-refractivity contribution >= 4 is 19.7 Å². The Bertz CT molecular complexity index is 832. The molecule has 0 saturated carbocycles. The Balaban J connectivity index is 3.92. The van der Waals surface area contributed by atoms with Crippen LogP contribution in [0.5, 0.6) is 0 Å². The van der Waals surface area contributed by atoms with Crippen LogP contribution in [0.4, 0.5) is 0 Å². The predicted octanol–water partition coefficient (Wildman–Crippen LogP) is 5.30. The van der Waals surface area contributed by atoms with E-state index in [1.54, 1.807) is 21.1 Å². The molecule has 0 saturated heterocycles. The third-order valence-corrected chi connectivity index (χ3v) is 6.39. The highest BCUT2D eigenvalue weighted by molar-refractivity contribution is 7.45. The van der Waals surface area contributed by atoms with E-state index in [0.717, 1.165) is 25.7 Å². The minimum Gasteiger partial charge on any atom is -0.756 e. The number of carboxylic acids is 1. The number of carbonyl (C=O) groups excluding carboxylic acids is 1. The van der Waals surface area contributed by atoms with Gasteiger partial charge in [-0.05, 0) is 44.9 Å². The van der Waals surface area contributed by atoms with Crippen LogP contribution in [-0.4, -0.2) is 68.4 Å². The summed E-state index contributed by atoms with van der Waals surface area (Å²) < 4.78 is 22.1. The number of nitrogens with zero attached hydrogens (tertiary/aromatic N) is 1. The molecule has 0 rings (SSSR count). The van der Waals surface area contributed by atoms with Gasteiger partial charge in [0, 0.05) is 13.0 Å². The maximum Gasteiger partial charge on any atom is 0.306 e. The predicted molar refractivity (Wildman–Crippen MR) is 155 cm³/mol. The summed E-state index contributed by atoms with van der Waals surface area (Å²) in [5.74, 6) is -1.35. The number of rotatable bonds is 24. The van der Waals surface area contributed by atoms with Gasteiger partial charge in [-0.15, -0.1) is 0 Å². The Kier molecular flexibility index (Phi) is 21.6. The third kappa shape index (κ3) is 27.3. The van der Waals surface area contributed by atoms with Crippen molar-refractivity contribution in [3.8, 4) is 0 Å². The van der Waals surface area contributed by atoms with Gasteiger partial charge in [0.1, 0.15) is 12.6 Å². The Morgan fingerprint density at radius 3 is 1.97 bits per heavy atom. The van der Waals surface area contributed by atoms with E-state index < -0.39 is 26.3 Å². The Labute approximate surface area is 235 Å². The van der Waals surface area contributed by atoms with Crippen LogP contribution in [0.25, 0.3) is 0 Å². The molecule has 0 fully saturated rings. The molecule has 0 aliphatic rings. The zero-order valence-electron chi connectivity index (χ0n) is 24.4. The molecule has 0 aliphatic carbocycles. The lowest BCUT2D eigenvalue weighted by atomic mass is 10.2. The van der Waals surface area contributed by atoms with E-state index >= 15 is 0 Å². The molecule has 0 radical (unpaired) electrons. The summed E-state index contributed by atoms with van der Waals surface area (Å²) in [6.45, 7) is 2.12. The van der Waals surface area contributed by atoms with E-state index in [1.165, 1.54) is 25.7 Å². The summed E-state index contributed by atoms with van der Waals surface area (Å²) in [6, 6.07) is 0. The topological polar surface area (TPSA) is 125 Å². The molecule has 0 aromatic heterocycles. The van der Waals surface area contributed by atoms with Gasteiger partial charge in [0.15, 0.2) is 0 Å². The molecule has 2 unspecified atom stereocenters. The molecule has 2 atom stereocenters. The van der Waals surface area contributed by atoms with Crippen LogP contribution < -0.4 is 10.2 Å². The Morgan fingerprint density at radius 1 is 0.923 bits per heavy atom. The minimum absolute atomic E-state index is 0.0116. The second-order valence-electron chi connectivity index (χ2n) is 10.4. The summed E-state index contributed by atoms with van der Waals surface area (Å²) in [7, 11) is 0.694. The van der Waals surface area contributed by atoms with Crippen molar-refractivity contribution in [3.63, 3.8) is 0 Å². The number of phosphoric acid groups is 1. The van der Waals surface area contributed by atoms with Gasteiger partial charge in [-0.1, -0.05) is 68.4 Å². The van der Waals surface area contributed by atoms with Crippen LogP contribution in [-0.2, 0) is 23.2 Å². The third-order valence-electron chi connectivity index (χ3n) is 5.34. The maximum absolute atomic E-state index is 12.1. The zero-order valence-corrected chi connectivity index (χ0v) is 25.3. The van der Waals surface area contributed by atoms with E-state index in [4.69, 9.17) is 14.2 Å². The highest BCUT2D eigenvalue weighted by atomic mass is 31.2. The Morgan fingerprint density at radius 2 is 1.46 bits per heavy atom. The zero-order chi connectivity index (χ0) is 29.4. The lowest BCUT2D eigenvalue weighted by molar-refractivity contribution is -0.873. The van der Waals surface area contributed by atoms with Gasteiger partial charge >= 0.3 is 5.97 Å². The van der Waals surface area contributed by atoms with E-state index in [-0.39, 0.29) is 25.6 Å². The van der Waals surface area contributed by atoms with E-state index in [1.807, 2.05) is 0 Å². The average molecular weight is 571 g/mol. The van der Waals surface area contributed by atoms with Crippen LogP contribution in [0.3, 0.4) is 0 Å². The van der Waals surface area contributed by atoms with Gasteiger partial charge < -0.3 is 28.8 Å². The highest BCUT2D eigenvalue weighted by Crippen LogP contribution is 2.40. The molecule has 10 heteroatoms. The highest BCUT2D eigenvalue weighted by Gasteiger charge is 2.26. The van der Waals surface area contributed by atoms with Crippen molar-refractivity contribution in [2.45, 2.75) is 83.7 Å². The number of amides is 1. The molecule has 9 nitrogen and oxygen atoms in total. The molecule has 2 N–H and O–H groups in total. The first kappa shape index (κ1) is 37.0. The maximum atomic E-state index is 12.1. The fraction of sp³-hybridized carbons (Fsp3) is 0.655. The smallest absolute Gasteiger partial charge is 0.306 e. The molecule has 39 heavy (non-hydrogen) atoms. The summed E-state index contributed by atoms with van der Waals surface area (Å²) >= 11 is 0. The molecule has 0 aromatic carbocycles. The van der Waals surface area contributed by atoms with Gasteiger partial charge in [-0.3, -0.25) is 14.2 Å².